The molecule has 0 aliphatic carbocycles. The standard InChI is InChI=1S/C22H21ClN2O5S/c1-29-18-10-12-19(13-11-18)31(27,28)25(17-7-5-6-16(23)14-17)15-22(26)24-20-8-3-4-9-21(20)30-2/h3-14H,15H2,1-2H3,(H,24,26). The third-order valence-electron chi connectivity index (χ3n) is 4.41. The summed E-state index contributed by atoms with van der Waals surface area (Å²) in [6, 6.07) is 19.1. The monoisotopic (exact) mass is 460 g/mol. The molecule has 0 heterocycles. The van der Waals surface area contributed by atoms with Crippen LogP contribution in [0.3, 0.4) is 0 Å². The Balaban J connectivity index is 1.95. The van der Waals surface area contributed by atoms with E-state index < -0.39 is 22.5 Å². The van der Waals surface area contributed by atoms with Crippen molar-refractivity contribution in [2.75, 3.05) is 30.4 Å². The van der Waals surface area contributed by atoms with Gasteiger partial charge in [-0.2, -0.15) is 0 Å². The van der Waals surface area contributed by atoms with Crippen LogP contribution in [0.15, 0.2) is 77.7 Å². The highest BCUT2D eigenvalue weighted by Crippen LogP contribution is 2.28. The Morgan fingerprint density at radius 3 is 2.32 bits per heavy atom. The number of anilines is 2. The van der Waals surface area contributed by atoms with E-state index in [2.05, 4.69) is 5.32 Å². The summed E-state index contributed by atoms with van der Waals surface area (Å²) in [5.74, 6) is 0.437. The number of amides is 1. The van der Waals surface area contributed by atoms with Crippen molar-refractivity contribution in [3.8, 4) is 11.5 Å². The van der Waals surface area contributed by atoms with Crippen LogP contribution in [0.4, 0.5) is 11.4 Å². The smallest absolute Gasteiger partial charge is 0.264 e. The second-order valence-electron chi connectivity index (χ2n) is 6.42. The Bertz CT molecular complexity index is 1170. The Morgan fingerprint density at radius 2 is 1.68 bits per heavy atom. The largest absolute Gasteiger partial charge is 0.497 e. The molecular weight excluding hydrogens is 440 g/mol. The zero-order valence-electron chi connectivity index (χ0n) is 16.9. The molecule has 3 rings (SSSR count). The van der Waals surface area contributed by atoms with Gasteiger partial charge in [0.15, 0.2) is 0 Å². The molecule has 31 heavy (non-hydrogen) atoms. The molecule has 9 heteroatoms. The third-order valence-corrected chi connectivity index (χ3v) is 6.44. The number of carbonyl (C=O) groups is 1. The first-order valence-electron chi connectivity index (χ1n) is 9.20. The first kappa shape index (κ1) is 22.5. The van der Waals surface area contributed by atoms with Gasteiger partial charge in [0.05, 0.1) is 30.5 Å². The number of para-hydroxylation sites is 2. The number of sulfonamides is 1. The van der Waals surface area contributed by atoms with Crippen molar-refractivity contribution in [1.29, 1.82) is 0 Å². The molecule has 0 aromatic heterocycles. The summed E-state index contributed by atoms with van der Waals surface area (Å²) >= 11 is 6.08. The Kier molecular flexibility index (Phi) is 7.04. The molecule has 0 aliphatic rings. The summed E-state index contributed by atoms with van der Waals surface area (Å²) in [5.41, 5.74) is 0.696. The minimum atomic E-state index is -4.07. The summed E-state index contributed by atoms with van der Waals surface area (Å²) in [4.78, 5) is 12.8. The molecule has 0 spiro atoms. The quantitative estimate of drug-likeness (QED) is 0.544. The molecule has 0 saturated carbocycles. The van der Waals surface area contributed by atoms with E-state index in [0.717, 1.165) is 4.31 Å². The van der Waals surface area contributed by atoms with Crippen LogP contribution in [0.5, 0.6) is 11.5 Å². The van der Waals surface area contributed by atoms with Crippen molar-refractivity contribution in [3.05, 3.63) is 77.8 Å². The zero-order valence-corrected chi connectivity index (χ0v) is 18.5. The Hall–Kier alpha value is -3.23. The normalized spacial score (nSPS) is 10.9. The summed E-state index contributed by atoms with van der Waals surface area (Å²) in [6.45, 7) is -0.466. The number of rotatable bonds is 8. The Morgan fingerprint density at radius 1 is 0.968 bits per heavy atom. The molecule has 1 N–H and O–H groups in total. The molecule has 162 valence electrons. The molecule has 0 atom stereocenters. The summed E-state index contributed by atoms with van der Waals surface area (Å²) < 4.78 is 38.1. The molecule has 1 amide bonds. The second kappa shape index (κ2) is 9.72. The lowest BCUT2D eigenvalue weighted by Gasteiger charge is -2.24. The lowest BCUT2D eigenvalue weighted by Crippen LogP contribution is -2.38. The highest BCUT2D eigenvalue weighted by molar-refractivity contribution is 7.92. The van der Waals surface area contributed by atoms with Gasteiger partial charge in [-0.05, 0) is 54.6 Å². The summed E-state index contributed by atoms with van der Waals surface area (Å²) in [6.07, 6.45) is 0. The first-order chi connectivity index (χ1) is 14.8. The van der Waals surface area contributed by atoms with E-state index in [4.69, 9.17) is 21.1 Å². The molecule has 3 aromatic carbocycles. The maximum atomic E-state index is 13.4. The van der Waals surface area contributed by atoms with E-state index in [0.29, 0.717) is 22.2 Å². The van der Waals surface area contributed by atoms with Gasteiger partial charge < -0.3 is 14.8 Å². The predicted molar refractivity (Wildman–Crippen MR) is 121 cm³/mol. The number of ether oxygens (including phenoxy) is 2. The lowest BCUT2D eigenvalue weighted by molar-refractivity contribution is -0.114. The van der Waals surface area contributed by atoms with Crippen LogP contribution in [-0.2, 0) is 14.8 Å². The number of methoxy groups -OCH3 is 2. The molecule has 0 radical (unpaired) electrons. The van der Waals surface area contributed by atoms with Crippen LogP contribution in [-0.4, -0.2) is 35.1 Å². The number of nitrogens with zero attached hydrogens (tertiary/aromatic N) is 1. The average Bonchev–Trinajstić information content (AvgIpc) is 2.77. The van der Waals surface area contributed by atoms with Gasteiger partial charge in [0.1, 0.15) is 18.0 Å². The highest BCUT2D eigenvalue weighted by Gasteiger charge is 2.27. The SMILES string of the molecule is COc1ccc(S(=O)(=O)N(CC(=O)Nc2ccccc2OC)c2cccc(Cl)c2)cc1. The zero-order chi connectivity index (χ0) is 22.4. The molecular formula is C22H21ClN2O5S. The van der Waals surface area contributed by atoms with Crippen molar-refractivity contribution < 1.29 is 22.7 Å². The molecule has 0 aliphatic heterocycles. The fourth-order valence-electron chi connectivity index (χ4n) is 2.89. The van der Waals surface area contributed by atoms with Crippen molar-refractivity contribution in [1.82, 2.24) is 0 Å². The highest BCUT2D eigenvalue weighted by atomic mass is 35.5. The molecule has 0 unspecified atom stereocenters. The van der Waals surface area contributed by atoms with Crippen LogP contribution >= 0.6 is 11.6 Å². The van der Waals surface area contributed by atoms with Gasteiger partial charge >= 0.3 is 0 Å². The van der Waals surface area contributed by atoms with Crippen molar-refractivity contribution >= 4 is 38.9 Å². The van der Waals surface area contributed by atoms with Gasteiger partial charge in [-0.3, -0.25) is 9.10 Å². The molecule has 0 saturated heterocycles. The molecule has 7 nitrogen and oxygen atoms in total. The summed E-state index contributed by atoms with van der Waals surface area (Å²) in [5, 5.41) is 3.04. The van der Waals surface area contributed by atoms with Crippen molar-refractivity contribution in [2.45, 2.75) is 4.90 Å². The average molecular weight is 461 g/mol. The third kappa shape index (κ3) is 5.28. The fourth-order valence-corrected chi connectivity index (χ4v) is 4.49. The van der Waals surface area contributed by atoms with Gasteiger partial charge in [-0.1, -0.05) is 29.8 Å². The number of hydrogen-bond acceptors (Lipinski definition) is 5. The molecule has 0 fully saturated rings. The van der Waals surface area contributed by atoms with E-state index in [1.54, 1.807) is 42.5 Å². The van der Waals surface area contributed by atoms with Gasteiger partial charge in [0, 0.05) is 5.02 Å². The minimum absolute atomic E-state index is 0.0124. The minimum Gasteiger partial charge on any atom is -0.497 e. The number of carbonyl (C=O) groups excluding carboxylic acids is 1. The first-order valence-corrected chi connectivity index (χ1v) is 11.0. The Labute approximate surface area is 186 Å². The van der Waals surface area contributed by atoms with E-state index >= 15 is 0 Å². The van der Waals surface area contributed by atoms with Gasteiger partial charge in [0.2, 0.25) is 5.91 Å². The number of halogens is 1. The second-order valence-corrected chi connectivity index (χ2v) is 8.71. The van der Waals surface area contributed by atoms with E-state index in [-0.39, 0.29) is 10.6 Å². The van der Waals surface area contributed by atoms with Crippen molar-refractivity contribution in [3.63, 3.8) is 0 Å². The van der Waals surface area contributed by atoms with Gasteiger partial charge in [0.25, 0.3) is 10.0 Å². The van der Waals surface area contributed by atoms with E-state index in [1.165, 1.54) is 44.6 Å². The molecule has 0 bridgehead atoms. The number of nitrogens with one attached hydrogen (secondary N) is 1. The van der Waals surface area contributed by atoms with Crippen LogP contribution in [0.25, 0.3) is 0 Å². The summed E-state index contributed by atoms with van der Waals surface area (Å²) in [7, 11) is -1.10. The molecule has 3 aromatic rings. The maximum Gasteiger partial charge on any atom is 0.264 e. The predicted octanol–water partition coefficient (Wildman–Crippen LogP) is 4.19. The van der Waals surface area contributed by atoms with Gasteiger partial charge in [-0.15, -0.1) is 0 Å². The maximum absolute atomic E-state index is 13.4. The number of hydrogen-bond donors (Lipinski definition) is 1. The van der Waals surface area contributed by atoms with Crippen molar-refractivity contribution in [2.24, 2.45) is 0 Å². The van der Waals surface area contributed by atoms with Crippen LogP contribution in [0.1, 0.15) is 0 Å². The van der Waals surface area contributed by atoms with E-state index in [9.17, 15) is 13.2 Å². The van der Waals surface area contributed by atoms with Crippen LogP contribution in [0.2, 0.25) is 5.02 Å². The lowest BCUT2D eigenvalue weighted by atomic mass is 10.3. The fraction of sp³-hybridized carbons (Fsp3) is 0.136. The topological polar surface area (TPSA) is 84.9 Å². The van der Waals surface area contributed by atoms with Gasteiger partial charge in [-0.25, -0.2) is 8.42 Å². The van der Waals surface area contributed by atoms with E-state index in [1.807, 2.05) is 0 Å². The number of benzene rings is 3. The van der Waals surface area contributed by atoms with Crippen LogP contribution in [0, 0.1) is 0 Å². The van der Waals surface area contributed by atoms with Crippen LogP contribution < -0.4 is 19.1 Å².